The number of sulfonamides is 1. The molecule has 0 spiro atoms. The first-order valence-electron chi connectivity index (χ1n) is 9.06. The van der Waals surface area contributed by atoms with Crippen molar-refractivity contribution < 1.29 is 13.5 Å². The van der Waals surface area contributed by atoms with Gasteiger partial charge in [0.15, 0.2) is 5.96 Å². The second kappa shape index (κ2) is 9.36. The number of guanidine groups is 1. The van der Waals surface area contributed by atoms with Crippen LogP contribution in [0.4, 0.5) is 0 Å². The van der Waals surface area contributed by atoms with Crippen LogP contribution in [0.3, 0.4) is 0 Å². The van der Waals surface area contributed by atoms with Gasteiger partial charge in [-0.05, 0) is 42.3 Å². The third-order valence-corrected chi connectivity index (χ3v) is 7.03. The van der Waals surface area contributed by atoms with Crippen LogP contribution in [0.1, 0.15) is 16.5 Å². The Balaban J connectivity index is 1.58. The van der Waals surface area contributed by atoms with Crippen molar-refractivity contribution in [3.8, 4) is 0 Å². The van der Waals surface area contributed by atoms with E-state index in [0.29, 0.717) is 19.0 Å². The highest BCUT2D eigenvalue weighted by Crippen LogP contribution is 2.29. The van der Waals surface area contributed by atoms with Gasteiger partial charge in [-0.25, -0.2) is 13.1 Å². The van der Waals surface area contributed by atoms with Gasteiger partial charge >= 0.3 is 0 Å². The molecule has 4 N–H and O–H groups in total. The number of rotatable bonds is 7. The van der Waals surface area contributed by atoms with Gasteiger partial charge in [-0.15, -0.1) is 11.3 Å². The fourth-order valence-corrected chi connectivity index (χ4v) is 4.66. The maximum Gasteiger partial charge on any atom is 0.240 e. The summed E-state index contributed by atoms with van der Waals surface area (Å²) in [6, 6.07) is 16.7. The second-order valence-electron chi connectivity index (χ2n) is 6.36. The number of nitrogens with one attached hydrogen (secondary N) is 3. The third kappa shape index (κ3) is 5.33. The molecule has 0 aliphatic heterocycles. The Bertz CT molecular complexity index is 1080. The van der Waals surface area contributed by atoms with Crippen LogP contribution < -0.4 is 15.4 Å². The maximum atomic E-state index is 11.9. The van der Waals surface area contributed by atoms with Crippen LogP contribution >= 0.6 is 11.3 Å². The molecule has 3 aromatic rings. The average Bonchev–Trinajstić information content (AvgIpc) is 3.18. The summed E-state index contributed by atoms with van der Waals surface area (Å²) in [4.78, 5) is 5.25. The van der Waals surface area contributed by atoms with Crippen LogP contribution in [0, 0.1) is 0 Å². The monoisotopic (exact) mass is 432 g/mol. The van der Waals surface area contributed by atoms with Gasteiger partial charge in [-0.1, -0.05) is 30.3 Å². The van der Waals surface area contributed by atoms with Crippen molar-refractivity contribution in [1.29, 1.82) is 0 Å². The molecule has 1 atom stereocenters. The summed E-state index contributed by atoms with van der Waals surface area (Å²) >= 11 is 1.57. The SMILES string of the molecule is CN=C(NCc1cccc(S(=O)(=O)NC)c1)NCC(O)c1cc2ccccc2s1. The van der Waals surface area contributed by atoms with Crippen LogP contribution in [-0.2, 0) is 16.6 Å². The molecule has 0 saturated heterocycles. The van der Waals surface area contributed by atoms with Crippen LogP contribution in [-0.4, -0.2) is 40.1 Å². The molecule has 0 radical (unpaired) electrons. The number of aliphatic imine (C=N–C) groups is 1. The molecule has 9 heteroatoms. The van der Waals surface area contributed by atoms with E-state index in [1.165, 1.54) is 7.05 Å². The van der Waals surface area contributed by atoms with Gasteiger partial charge in [0.05, 0.1) is 4.90 Å². The minimum Gasteiger partial charge on any atom is -0.386 e. The predicted molar refractivity (Wildman–Crippen MR) is 118 cm³/mol. The zero-order chi connectivity index (χ0) is 20.9. The van der Waals surface area contributed by atoms with Crippen molar-refractivity contribution in [3.63, 3.8) is 0 Å². The zero-order valence-electron chi connectivity index (χ0n) is 16.2. The minimum atomic E-state index is -3.48. The fraction of sp³-hybridized carbons (Fsp3) is 0.250. The number of hydrogen-bond acceptors (Lipinski definition) is 5. The highest BCUT2D eigenvalue weighted by atomic mass is 32.2. The molecule has 2 aromatic carbocycles. The molecule has 0 aliphatic rings. The van der Waals surface area contributed by atoms with E-state index in [1.54, 1.807) is 36.6 Å². The zero-order valence-corrected chi connectivity index (χ0v) is 17.8. The van der Waals surface area contributed by atoms with Gasteiger partial charge in [-0.2, -0.15) is 0 Å². The number of aliphatic hydroxyl groups is 1. The molecule has 154 valence electrons. The van der Waals surface area contributed by atoms with E-state index in [1.807, 2.05) is 36.4 Å². The highest BCUT2D eigenvalue weighted by molar-refractivity contribution is 7.89. The molecule has 0 saturated carbocycles. The van der Waals surface area contributed by atoms with Crippen LogP contribution in [0.5, 0.6) is 0 Å². The molecule has 1 unspecified atom stereocenters. The first-order chi connectivity index (χ1) is 13.9. The molecule has 3 rings (SSSR count). The highest BCUT2D eigenvalue weighted by Gasteiger charge is 2.13. The van der Waals surface area contributed by atoms with Crippen molar-refractivity contribution in [2.75, 3.05) is 20.6 Å². The van der Waals surface area contributed by atoms with Gasteiger partial charge in [-0.3, -0.25) is 4.99 Å². The van der Waals surface area contributed by atoms with Crippen molar-refractivity contribution in [1.82, 2.24) is 15.4 Å². The Morgan fingerprint density at radius 3 is 2.66 bits per heavy atom. The smallest absolute Gasteiger partial charge is 0.240 e. The lowest BCUT2D eigenvalue weighted by molar-refractivity contribution is 0.184. The largest absolute Gasteiger partial charge is 0.386 e. The normalized spacial score (nSPS) is 13.4. The van der Waals surface area contributed by atoms with E-state index in [9.17, 15) is 13.5 Å². The van der Waals surface area contributed by atoms with Gasteiger partial charge in [0.1, 0.15) is 6.10 Å². The molecule has 0 fully saturated rings. The molecule has 1 aromatic heterocycles. The summed E-state index contributed by atoms with van der Waals surface area (Å²) < 4.78 is 27.3. The summed E-state index contributed by atoms with van der Waals surface area (Å²) in [5.74, 6) is 0.520. The van der Waals surface area contributed by atoms with Crippen LogP contribution in [0.25, 0.3) is 10.1 Å². The molecule has 29 heavy (non-hydrogen) atoms. The van der Waals surface area contributed by atoms with Gasteiger partial charge in [0, 0.05) is 29.7 Å². The van der Waals surface area contributed by atoms with Gasteiger partial charge < -0.3 is 15.7 Å². The number of fused-ring (bicyclic) bond motifs is 1. The fourth-order valence-electron chi connectivity index (χ4n) is 2.81. The number of benzene rings is 2. The molecule has 0 bridgehead atoms. The number of aliphatic hydroxyl groups excluding tert-OH is 1. The summed E-state index contributed by atoms with van der Waals surface area (Å²) in [5.41, 5.74) is 0.800. The van der Waals surface area contributed by atoms with E-state index in [4.69, 9.17) is 0 Å². The lowest BCUT2D eigenvalue weighted by atomic mass is 10.2. The first kappa shape index (κ1) is 21.3. The Morgan fingerprint density at radius 1 is 1.14 bits per heavy atom. The minimum absolute atomic E-state index is 0.211. The lowest BCUT2D eigenvalue weighted by Gasteiger charge is -2.15. The van der Waals surface area contributed by atoms with Gasteiger partial charge in [0.2, 0.25) is 10.0 Å². The lowest BCUT2D eigenvalue weighted by Crippen LogP contribution is -2.38. The standard InChI is InChI=1S/C20H24N4O3S2/c1-21-20(23-12-14-6-5-8-16(10-14)29(26,27)22-2)24-13-17(25)19-11-15-7-3-4-9-18(15)28-19/h3-11,17,22,25H,12-13H2,1-2H3,(H2,21,23,24). The van der Waals surface area contributed by atoms with Crippen molar-refractivity contribution in [3.05, 3.63) is 65.0 Å². The Labute approximate surface area is 174 Å². The van der Waals surface area contributed by atoms with Crippen molar-refractivity contribution >= 4 is 37.4 Å². The quantitative estimate of drug-likeness (QED) is 0.339. The van der Waals surface area contributed by atoms with E-state index >= 15 is 0 Å². The van der Waals surface area contributed by atoms with E-state index < -0.39 is 16.1 Å². The topological polar surface area (TPSA) is 103 Å². The molecule has 1 heterocycles. The third-order valence-electron chi connectivity index (χ3n) is 4.40. The molecule has 7 nitrogen and oxygen atoms in total. The van der Waals surface area contributed by atoms with Crippen LogP contribution in [0.2, 0.25) is 0 Å². The molecular weight excluding hydrogens is 408 g/mol. The predicted octanol–water partition coefficient (Wildman–Crippen LogP) is 2.21. The summed E-state index contributed by atoms with van der Waals surface area (Å²) in [6.45, 7) is 0.701. The summed E-state index contributed by atoms with van der Waals surface area (Å²) in [6.07, 6.45) is -0.657. The molecule has 0 amide bonds. The first-order valence-corrected chi connectivity index (χ1v) is 11.4. The maximum absolute atomic E-state index is 11.9. The van der Waals surface area contributed by atoms with E-state index in [2.05, 4.69) is 20.3 Å². The molecule has 0 aliphatic carbocycles. The number of hydrogen-bond donors (Lipinski definition) is 4. The molecular formula is C20H24N4O3S2. The van der Waals surface area contributed by atoms with E-state index in [-0.39, 0.29) is 4.90 Å². The number of thiophene rings is 1. The average molecular weight is 433 g/mol. The Kier molecular flexibility index (Phi) is 6.86. The summed E-state index contributed by atoms with van der Waals surface area (Å²) in [7, 11) is -0.459. The van der Waals surface area contributed by atoms with Crippen LogP contribution in [0.15, 0.2) is 64.5 Å². The van der Waals surface area contributed by atoms with Gasteiger partial charge in [0.25, 0.3) is 0 Å². The summed E-state index contributed by atoms with van der Waals surface area (Å²) in [5, 5.41) is 17.8. The van der Waals surface area contributed by atoms with Crippen molar-refractivity contribution in [2.24, 2.45) is 4.99 Å². The Hall–Kier alpha value is -2.46. The number of nitrogens with zero attached hydrogens (tertiary/aromatic N) is 1. The van der Waals surface area contributed by atoms with E-state index in [0.717, 1.165) is 20.5 Å². The van der Waals surface area contributed by atoms with Crippen molar-refractivity contribution in [2.45, 2.75) is 17.5 Å². The Morgan fingerprint density at radius 2 is 1.93 bits per heavy atom. The second-order valence-corrected chi connectivity index (χ2v) is 9.37.